The smallest absolute Gasteiger partial charge is 0.245 e. The standard InChI is InChI=1S/C20H24N2O3S/c1-15(2)14-18(21-26(24,25)17-9-4-3-5-10-17)20(23)22-13-12-16-8-6-7-11-19(16)22/h3-11,15,18,21H,12-14H2,1-2H3/t18-/m1/s1. The molecule has 0 fully saturated rings. The molecule has 0 aliphatic carbocycles. The van der Waals surface area contributed by atoms with E-state index in [0.29, 0.717) is 13.0 Å². The van der Waals surface area contributed by atoms with Gasteiger partial charge in [0.05, 0.1) is 4.90 Å². The first-order valence-electron chi connectivity index (χ1n) is 8.85. The van der Waals surface area contributed by atoms with Crippen molar-refractivity contribution in [2.45, 2.75) is 37.6 Å². The van der Waals surface area contributed by atoms with Gasteiger partial charge < -0.3 is 4.90 Å². The molecule has 1 amide bonds. The predicted octanol–water partition coefficient (Wildman–Crippen LogP) is 2.97. The summed E-state index contributed by atoms with van der Waals surface area (Å²) >= 11 is 0. The minimum atomic E-state index is -3.75. The van der Waals surface area contributed by atoms with Gasteiger partial charge in [-0.2, -0.15) is 4.72 Å². The third kappa shape index (κ3) is 3.97. The summed E-state index contributed by atoms with van der Waals surface area (Å²) in [6.07, 6.45) is 1.24. The summed E-state index contributed by atoms with van der Waals surface area (Å²) in [6, 6.07) is 15.2. The number of hydrogen-bond donors (Lipinski definition) is 1. The number of fused-ring (bicyclic) bond motifs is 1. The number of nitrogens with zero attached hydrogens (tertiary/aromatic N) is 1. The van der Waals surface area contributed by atoms with Crippen LogP contribution in [0.2, 0.25) is 0 Å². The zero-order chi connectivity index (χ0) is 18.7. The van der Waals surface area contributed by atoms with Crippen LogP contribution < -0.4 is 9.62 Å². The number of benzene rings is 2. The van der Waals surface area contributed by atoms with Crippen molar-refractivity contribution in [2.75, 3.05) is 11.4 Å². The van der Waals surface area contributed by atoms with E-state index in [2.05, 4.69) is 4.72 Å². The van der Waals surface area contributed by atoms with Crippen molar-refractivity contribution in [3.8, 4) is 0 Å². The van der Waals surface area contributed by atoms with Gasteiger partial charge in [0, 0.05) is 12.2 Å². The van der Waals surface area contributed by atoms with Crippen LogP contribution in [0.4, 0.5) is 5.69 Å². The highest BCUT2D eigenvalue weighted by atomic mass is 32.2. The van der Waals surface area contributed by atoms with Crippen molar-refractivity contribution in [1.82, 2.24) is 4.72 Å². The first-order valence-corrected chi connectivity index (χ1v) is 10.3. The molecule has 0 saturated heterocycles. The summed E-state index contributed by atoms with van der Waals surface area (Å²) in [6.45, 7) is 4.55. The van der Waals surface area contributed by atoms with E-state index < -0.39 is 16.1 Å². The minimum Gasteiger partial charge on any atom is -0.310 e. The Balaban J connectivity index is 1.86. The maximum atomic E-state index is 13.2. The molecule has 1 aliphatic heterocycles. The number of carbonyl (C=O) groups is 1. The van der Waals surface area contributed by atoms with E-state index in [1.807, 2.05) is 38.1 Å². The molecule has 2 aromatic rings. The second kappa shape index (κ2) is 7.60. The van der Waals surface area contributed by atoms with Crippen molar-refractivity contribution in [3.05, 3.63) is 60.2 Å². The summed E-state index contributed by atoms with van der Waals surface area (Å²) in [4.78, 5) is 15.0. The molecule has 1 aliphatic rings. The number of sulfonamides is 1. The molecule has 1 atom stereocenters. The lowest BCUT2D eigenvalue weighted by Crippen LogP contribution is -2.48. The molecule has 3 rings (SSSR count). The highest BCUT2D eigenvalue weighted by Crippen LogP contribution is 2.28. The van der Waals surface area contributed by atoms with Gasteiger partial charge in [-0.15, -0.1) is 0 Å². The van der Waals surface area contributed by atoms with Crippen LogP contribution in [0.3, 0.4) is 0 Å². The van der Waals surface area contributed by atoms with E-state index in [1.165, 1.54) is 12.1 Å². The van der Waals surface area contributed by atoms with Gasteiger partial charge in [-0.05, 0) is 42.5 Å². The molecule has 0 radical (unpaired) electrons. The number of nitrogens with one attached hydrogen (secondary N) is 1. The largest absolute Gasteiger partial charge is 0.310 e. The molecule has 6 heteroatoms. The number of carbonyl (C=O) groups excluding carboxylic acids is 1. The van der Waals surface area contributed by atoms with Crippen molar-refractivity contribution < 1.29 is 13.2 Å². The molecule has 0 aromatic heterocycles. The maximum absolute atomic E-state index is 13.2. The number of amides is 1. The van der Waals surface area contributed by atoms with Crippen LogP contribution in [0.15, 0.2) is 59.5 Å². The molecule has 0 spiro atoms. The zero-order valence-corrected chi connectivity index (χ0v) is 15.9. The molecule has 1 N–H and O–H groups in total. The van der Waals surface area contributed by atoms with Crippen LogP contribution in [0.1, 0.15) is 25.8 Å². The van der Waals surface area contributed by atoms with Crippen LogP contribution >= 0.6 is 0 Å². The van der Waals surface area contributed by atoms with Gasteiger partial charge in [-0.25, -0.2) is 8.42 Å². The highest BCUT2D eigenvalue weighted by molar-refractivity contribution is 7.89. The summed E-state index contributed by atoms with van der Waals surface area (Å²) in [5.41, 5.74) is 2.00. The minimum absolute atomic E-state index is 0.170. The van der Waals surface area contributed by atoms with E-state index in [9.17, 15) is 13.2 Å². The predicted molar refractivity (Wildman–Crippen MR) is 103 cm³/mol. The average molecular weight is 372 g/mol. The van der Waals surface area contributed by atoms with Crippen LogP contribution in [-0.4, -0.2) is 26.9 Å². The molecule has 2 aromatic carbocycles. The third-order valence-electron chi connectivity index (χ3n) is 4.51. The molecule has 26 heavy (non-hydrogen) atoms. The molecule has 1 heterocycles. The van der Waals surface area contributed by atoms with Gasteiger partial charge >= 0.3 is 0 Å². The third-order valence-corrected chi connectivity index (χ3v) is 6.00. The van der Waals surface area contributed by atoms with Crippen molar-refractivity contribution in [3.63, 3.8) is 0 Å². The van der Waals surface area contributed by atoms with Gasteiger partial charge in [0.25, 0.3) is 0 Å². The Kier molecular flexibility index (Phi) is 5.44. The summed E-state index contributed by atoms with van der Waals surface area (Å²) in [5, 5.41) is 0. The normalized spacial score (nSPS) is 15.1. The van der Waals surface area contributed by atoms with Crippen LogP contribution in [0.25, 0.3) is 0 Å². The number of para-hydroxylation sites is 1. The van der Waals surface area contributed by atoms with Gasteiger partial charge in [0.15, 0.2) is 0 Å². The molecule has 5 nitrogen and oxygen atoms in total. The van der Waals surface area contributed by atoms with E-state index in [0.717, 1.165) is 17.7 Å². The van der Waals surface area contributed by atoms with E-state index >= 15 is 0 Å². The number of hydrogen-bond acceptors (Lipinski definition) is 3. The lowest BCUT2D eigenvalue weighted by Gasteiger charge is -2.26. The average Bonchev–Trinajstić information content (AvgIpc) is 3.05. The molecule has 0 unspecified atom stereocenters. The van der Waals surface area contributed by atoms with Gasteiger partial charge in [0.2, 0.25) is 15.9 Å². The quantitative estimate of drug-likeness (QED) is 0.848. The lowest BCUT2D eigenvalue weighted by molar-refractivity contribution is -0.120. The fraction of sp³-hybridized carbons (Fsp3) is 0.350. The summed E-state index contributed by atoms with van der Waals surface area (Å²) in [5.74, 6) is -0.0107. The molecular weight excluding hydrogens is 348 g/mol. The van der Waals surface area contributed by atoms with E-state index in [4.69, 9.17) is 0 Å². The molecule has 0 bridgehead atoms. The Morgan fingerprint density at radius 2 is 1.73 bits per heavy atom. The summed E-state index contributed by atoms with van der Waals surface area (Å²) in [7, 11) is -3.75. The Morgan fingerprint density at radius 3 is 2.42 bits per heavy atom. The Hall–Kier alpha value is -2.18. The topological polar surface area (TPSA) is 66.5 Å². The number of rotatable bonds is 6. The monoisotopic (exact) mass is 372 g/mol. The fourth-order valence-electron chi connectivity index (χ4n) is 3.28. The molecule has 0 saturated carbocycles. The van der Waals surface area contributed by atoms with Gasteiger partial charge in [0.1, 0.15) is 6.04 Å². The highest BCUT2D eigenvalue weighted by Gasteiger charge is 2.33. The Bertz CT molecular complexity index is 879. The van der Waals surface area contributed by atoms with Crippen LogP contribution in [0, 0.1) is 5.92 Å². The van der Waals surface area contributed by atoms with Gasteiger partial charge in [-0.1, -0.05) is 50.2 Å². The lowest BCUT2D eigenvalue weighted by atomic mass is 10.0. The SMILES string of the molecule is CC(C)C[C@@H](NS(=O)(=O)c1ccccc1)C(=O)N1CCc2ccccc21. The van der Waals surface area contributed by atoms with Crippen molar-refractivity contribution in [1.29, 1.82) is 0 Å². The second-order valence-electron chi connectivity index (χ2n) is 6.99. The Labute approximate surface area is 155 Å². The van der Waals surface area contributed by atoms with Crippen LogP contribution in [0.5, 0.6) is 0 Å². The molecular formula is C20H24N2O3S. The van der Waals surface area contributed by atoms with Crippen molar-refractivity contribution in [2.24, 2.45) is 5.92 Å². The maximum Gasteiger partial charge on any atom is 0.245 e. The zero-order valence-electron chi connectivity index (χ0n) is 15.1. The second-order valence-corrected chi connectivity index (χ2v) is 8.70. The fourth-order valence-corrected chi connectivity index (χ4v) is 4.50. The first kappa shape index (κ1) is 18.6. The van der Waals surface area contributed by atoms with E-state index in [-0.39, 0.29) is 16.7 Å². The first-order chi connectivity index (χ1) is 12.4. The van der Waals surface area contributed by atoms with E-state index in [1.54, 1.807) is 23.1 Å². The Morgan fingerprint density at radius 1 is 1.08 bits per heavy atom. The summed E-state index contributed by atoms with van der Waals surface area (Å²) < 4.78 is 28.0. The van der Waals surface area contributed by atoms with Gasteiger partial charge in [-0.3, -0.25) is 4.79 Å². The van der Waals surface area contributed by atoms with Crippen LogP contribution in [-0.2, 0) is 21.2 Å². The van der Waals surface area contributed by atoms with Crippen molar-refractivity contribution >= 4 is 21.6 Å². The molecule has 138 valence electrons. The number of anilines is 1.